The highest BCUT2D eigenvalue weighted by atomic mass is 32.2. The Morgan fingerprint density at radius 2 is 2.05 bits per heavy atom. The van der Waals surface area contributed by atoms with Crippen LogP contribution in [0.5, 0.6) is 0 Å². The minimum atomic E-state index is -2.96. The van der Waals surface area contributed by atoms with E-state index in [4.69, 9.17) is 0 Å². The van der Waals surface area contributed by atoms with Crippen LogP contribution in [-0.4, -0.2) is 49.9 Å². The van der Waals surface area contributed by atoms with Crippen LogP contribution in [0.3, 0.4) is 0 Å². The Morgan fingerprint density at radius 1 is 1.38 bits per heavy atom. The predicted molar refractivity (Wildman–Crippen MR) is 82.6 cm³/mol. The molecular weight excluding hydrogens is 288 g/mol. The molecule has 1 heterocycles. The summed E-state index contributed by atoms with van der Waals surface area (Å²) in [5.74, 6) is 0.121. The number of nitrogens with zero attached hydrogens (tertiary/aromatic N) is 1. The second kappa shape index (κ2) is 6.58. The zero-order valence-corrected chi connectivity index (χ0v) is 13.3. The van der Waals surface area contributed by atoms with E-state index in [9.17, 15) is 13.2 Å². The summed E-state index contributed by atoms with van der Waals surface area (Å²) in [7, 11) is -1.07. The van der Waals surface area contributed by atoms with Gasteiger partial charge in [-0.1, -0.05) is 30.3 Å². The van der Waals surface area contributed by atoms with Gasteiger partial charge in [0, 0.05) is 12.6 Å². The molecule has 2 rings (SSSR count). The molecule has 1 aliphatic rings. The predicted octanol–water partition coefficient (Wildman–Crippen LogP) is 0.810. The van der Waals surface area contributed by atoms with Crippen molar-refractivity contribution in [3.05, 3.63) is 35.9 Å². The molecule has 1 fully saturated rings. The van der Waals surface area contributed by atoms with E-state index in [1.54, 1.807) is 0 Å². The maximum absolute atomic E-state index is 12.2. The van der Waals surface area contributed by atoms with Crippen molar-refractivity contribution in [2.24, 2.45) is 0 Å². The van der Waals surface area contributed by atoms with Gasteiger partial charge in [-0.2, -0.15) is 0 Å². The van der Waals surface area contributed by atoms with Crippen LogP contribution in [0.1, 0.15) is 18.9 Å². The Hall–Kier alpha value is -1.40. The first-order valence-electron chi connectivity index (χ1n) is 7.12. The first-order valence-corrected chi connectivity index (χ1v) is 8.94. The molecule has 0 saturated carbocycles. The second-order valence-electron chi connectivity index (χ2n) is 5.69. The van der Waals surface area contributed by atoms with Crippen molar-refractivity contribution in [1.82, 2.24) is 10.2 Å². The minimum absolute atomic E-state index is 0.0634. The van der Waals surface area contributed by atoms with Crippen LogP contribution in [0.4, 0.5) is 0 Å². The number of benzene rings is 1. The third kappa shape index (κ3) is 4.54. The second-order valence-corrected chi connectivity index (χ2v) is 7.91. The highest BCUT2D eigenvalue weighted by molar-refractivity contribution is 7.91. The lowest BCUT2D eigenvalue weighted by Crippen LogP contribution is -2.47. The molecule has 0 unspecified atom stereocenters. The molecule has 21 heavy (non-hydrogen) atoms. The Labute approximate surface area is 126 Å². The fourth-order valence-corrected chi connectivity index (χ4v) is 4.11. The number of likely N-dealkylation sites (N-methyl/N-ethyl adjacent to an activating group) is 1. The standard InChI is InChI=1S/C15H22N2O3S/c1-12(17(2)10-13-6-4-3-5-7-13)15(18)16-14-8-9-21(19,20)11-14/h3-7,12,14H,8-11H2,1-2H3,(H,16,18)/t12-,14+/m1/s1. The highest BCUT2D eigenvalue weighted by Gasteiger charge is 2.30. The summed E-state index contributed by atoms with van der Waals surface area (Å²) >= 11 is 0. The zero-order valence-electron chi connectivity index (χ0n) is 12.5. The summed E-state index contributed by atoms with van der Waals surface area (Å²) in [6.45, 7) is 2.51. The maximum atomic E-state index is 12.2. The summed E-state index contributed by atoms with van der Waals surface area (Å²) in [5, 5.41) is 2.84. The van der Waals surface area contributed by atoms with Crippen molar-refractivity contribution in [3.63, 3.8) is 0 Å². The molecule has 1 aromatic carbocycles. The van der Waals surface area contributed by atoms with Crippen LogP contribution in [0.2, 0.25) is 0 Å². The van der Waals surface area contributed by atoms with Crippen molar-refractivity contribution in [2.45, 2.75) is 32.0 Å². The van der Waals surface area contributed by atoms with Gasteiger partial charge in [0.2, 0.25) is 5.91 Å². The van der Waals surface area contributed by atoms with Crippen molar-refractivity contribution in [1.29, 1.82) is 0 Å². The smallest absolute Gasteiger partial charge is 0.237 e. The molecule has 1 saturated heterocycles. The molecule has 1 N–H and O–H groups in total. The van der Waals surface area contributed by atoms with Crippen LogP contribution < -0.4 is 5.32 Å². The Bertz CT molecular complexity index is 586. The van der Waals surface area contributed by atoms with Crippen molar-refractivity contribution >= 4 is 15.7 Å². The third-order valence-corrected chi connectivity index (χ3v) is 5.66. The van der Waals surface area contributed by atoms with Gasteiger partial charge in [-0.3, -0.25) is 9.69 Å². The first kappa shape index (κ1) is 16.0. The molecule has 1 aliphatic heterocycles. The maximum Gasteiger partial charge on any atom is 0.237 e. The molecule has 0 radical (unpaired) electrons. The van der Waals surface area contributed by atoms with Gasteiger partial charge in [0.1, 0.15) is 0 Å². The lowest BCUT2D eigenvalue weighted by atomic mass is 10.1. The average Bonchev–Trinajstić information content (AvgIpc) is 2.78. The molecule has 116 valence electrons. The van der Waals surface area contributed by atoms with Crippen molar-refractivity contribution in [3.8, 4) is 0 Å². The van der Waals surface area contributed by atoms with Crippen LogP contribution in [0.25, 0.3) is 0 Å². The number of rotatable bonds is 5. The molecule has 2 atom stereocenters. The van der Waals surface area contributed by atoms with Gasteiger partial charge in [-0.15, -0.1) is 0 Å². The number of sulfone groups is 1. The molecule has 1 amide bonds. The molecule has 6 heteroatoms. The van der Waals surface area contributed by atoms with Crippen LogP contribution in [-0.2, 0) is 21.2 Å². The van der Waals surface area contributed by atoms with Gasteiger partial charge < -0.3 is 5.32 Å². The van der Waals surface area contributed by atoms with Crippen LogP contribution >= 0.6 is 0 Å². The normalized spacial score (nSPS) is 22.1. The van der Waals surface area contributed by atoms with E-state index < -0.39 is 9.84 Å². The van der Waals surface area contributed by atoms with E-state index in [0.717, 1.165) is 5.56 Å². The SMILES string of the molecule is C[C@H](C(=O)N[C@H]1CCS(=O)(=O)C1)N(C)Cc1ccccc1. The van der Waals surface area contributed by atoms with Gasteiger partial charge in [0.05, 0.1) is 17.5 Å². The van der Waals surface area contributed by atoms with E-state index in [1.807, 2.05) is 49.2 Å². The third-order valence-electron chi connectivity index (χ3n) is 3.89. The molecular formula is C15H22N2O3S. The topological polar surface area (TPSA) is 66.5 Å². The molecule has 5 nitrogen and oxygen atoms in total. The Morgan fingerprint density at radius 3 is 2.62 bits per heavy atom. The summed E-state index contributed by atoms with van der Waals surface area (Å²) in [4.78, 5) is 14.1. The molecule has 1 aromatic rings. The summed E-state index contributed by atoms with van der Waals surface area (Å²) in [6, 6.07) is 9.40. The van der Waals surface area contributed by atoms with Gasteiger partial charge >= 0.3 is 0 Å². The zero-order chi connectivity index (χ0) is 15.5. The van der Waals surface area contributed by atoms with E-state index in [-0.39, 0.29) is 29.5 Å². The lowest BCUT2D eigenvalue weighted by molar-refractivity contribution is -0.126. The Kier molecular flexibility index (Phi) is 5.00. The van der Waals surface area contributed by atoms with E-state index in [1.165, 1.54) is 0 Å². The molecule has 0 bridgehead atoms. The average molecular weight is 310 g/mol. The number of amides is 1. The van der Waals surface area contributed by atoms with E-state index in [2.05, 4.69) is 5.32 Å². The van der Waals surface area contributed by atoms with Crippen LogP contribution in [0.15, 0.2) is 30.3 Å². The summed E-state index contributed by atoms with van der Waals surface area (Å²) in [5.41, 5.74) is 1.14. The molecule has 0 aliphatic carbocycles. The first-order chi connectivity index (χ1) is 9.87. The number of hydrogen-bond donors (Lipinski definition) is 1. The molecule has 0 aromatic heterocycles. The summed E-state index contributed by atoms with van der Waals surface area (Å²) < 4.78 is 22.8. The van der Waals surface area contributed by atoms with E-state index in [0.29, 0.717) is 13.0 Å². The quantitative estimate of drug-likeness (QED) is 0.874. The summed E-state index contributed by atoms with van der Waals surface area (Å²) in [6.07, 6.45) is 0.517. The molecule has 0 spiro atoms. The fraction of sp³-hybridized carbons (Fsp3) is 0.533. The van der Waals surface area contributed by atoms with Gasteiger partial charge in [0.25, 0.3) is 0 Å². The van der Waals surface area contributed by atoms with Crippen molar-refractivity contribution < 1.29 is 13.2 Å². The van der Waals surface area contributed by atoms with E-state index >= 15 is 0 Å². The number of carbonyl (C=O) groups excluding carboxylic acids is 1. The Balaban J connectivity index is 1.87. The number of nitrogens with one attached hydrogen (secondary N) is 1. The monoisotopic (exact) mass is 310 g/mol. The van der Waals surface area contributed by atoms with Gasteiger partial charge in [-0.05, 0) is 26.0 Å². The minimum Gasteiger partial charge on any atom is -0.351 e. The highest BCUT2D eigenvalue weighted by Crippen LogP contribution is 2.12. The van der Waals surface area contributed by atoms with Gasteiger partial charge in [0.15, 0.2) is 9.84 Å². The van der Waals surface area contributed by atoms with Crippen LogP contribution in [0, 0.1) is 0 Å². The largest absolute Gasteiger partial charge is 0.351 e. The fourth-order valence-electron chi connectivity index (χ4n) is 2.44. The lowest BCUT2D eigenvalue weighted by Gasteiger charge is -2.25. The number of hydrogen-bond acceptors (Lipinski definition) is 4. The number of carbonyl (C=O) groups is 1. The van der Waals surface area contributed by atoms with Crippen molar-refractivity contribution in [2.75, 3.05) is 18.6 Å². The van der Waals surface area contributed by atoms with Gasteiger partial charge in [-0.25, -0.2) is 8.42 Å².